The van der Waals surface area contributed by atoms with E-state index in [9.17, 15) is 19.2 Å². The second-order valence-corrected chi connectivity index (χ2v) is 9.44. The van der Waals surface area contributed by atoms with Crippen molar-refractivity contribution in [3.63, 3.8) is 0 Å². The maximum atomic E-state index is 13.5. The van der Waals surface area contributed by atoms with E-state index in [1.165, 1.54) is 28.8 Å². The first-order valence-corrected chi connectivity index (χ1v) is 12.1. The van der Waals surface area contributed by atoms with E-state index in [-0.39, 0.29) is 17.3 Å². The van der Waals surface area contributed by atoms with Gasteiger partial charge in [-0.2, -0.15) is 5.26 Å². The first-order valence-electron chi connectivity index (χ1n) is 11.3. The number of benzene rings is 3. The number of amides is 2. The summed E-state index contributed by atoms with van der Waals surface area (Å²) in [4.78, 5) is 28.1. The van der Waals surface area contributed by atoms with E-state index in [1.54, 1.807) is 18.2 Å². The average Bonchev–Trinajstić information content (AvgIpc) is 3.16. The maximum Gasteiger partial charge on any atom is 0.269 e. The van der Waals surface area contributed by atoms with Crippen LogP contribution >= 0.6 is 11.8 Å². The van der Waals surface area contributed by atoms with Crippen LogP contribution in [-0.4, -0.2) is 17.1 Å². The Bertz CT molecular complexity index is 1330. The van der Waals surface area contributed by atoms with Crippen LogP contribution in [0.15, 0.2) is 83.4 Å². The summed E-state index contributed by atoms with van der Waals surface area (Å²) in [5, 5.41) is 12.5. The van der Waals surface area contributed by atoms with Gasteiger partial charge >= 0.3 is 0 Å². The summed E-state index contributed by atoms with van der Waals surface area (Å²) in [6, 6.07) is 22.8. The number of carbonyl (C=O) groups excluding carboxylic acids is 2. The summed E-state index contributed by atoms with van der Waals surface area (Å²) < 4.78 is 13.4. The number of nitrogens with one attached hydrogen (secondary N) is 1. The van der Waals surface area contributed by atoms with Crippen molar-refractivity contribution in [2.45, 2.75) is 31.9 Å². The van der Waals surface area contributed by atoms with Gasteiger partial charge in [0.05, 0.1) is 5.25 Å². The van der Waals surface area contributed by atoms with E-state index >= 15 is 0 Å². The molecule has 1 aliphatic rings. The van der Waals surface area contributed by atoms with Gasteiger partial charge in [0.25, 0.3) is 5.91 Å². The smallest absolute Gasteiger partial charge is 0.269 e. The zero-order valence-electron chi connectivity index (χ0n) is 19.4. The topological polar surface area (TPSA) is 73.2 Å². The van der Waals surface area contributed by atoms with Gasteiger partial charge < -0.3 is 5.32 Å². The number of thioether (sulfide) groups is 1. The standard InChI is InChI=1S/C28H24FN3O2S/c1-3-19-9-13-23(14-10-19)32-27(34)25(16-20-7-11-21(29)12-8-20)35-28(32)24(17-30)26(33)31-22-6-4-5-18(2)15-22/h4-15,25H,3,16H2,1-2H3,(H,31,33)/b28-24-. The summed E-state index contributed by atoms with van der Waals surface area (Å²) >= 11 is 1.18. The number of rotatable bonds is 6. The Labute approximate surface area is 208 Å². The Balaban J connectivity index is 1.72. The normalized spacial score (nSPS) is 16.7. The monoisotopic (exact) mass is 485 g/mol. The molecule has 0 aliphatic carbocycles. The van der Waals surface area contributed by atoms with E-state index in [0.29, 0.717) is 22.8 Å². The van der Waals surface area contributed by atoms with Crippen LogP contribution in [-0.2, 0) is 22.4 Å². The Morgan fingerprint density at radius 2 is 1.77 bits per heavy atom. The fourth-order valence-corrected chi connectivity index (χ4v) is 5.16. The lowest BCUT2D eigenvalue weighted by Crippen LogP contribution is -2.31. The van der Waals surface area contributed by atoms with Gasteiger partial charge in [0.2, 0.25) is 5.91 Å². The zero-order chi connectivity index (χ0) is 24.9. The van der Waals surface area contributed by atoms with Crippen LogP contribution in [0.3, 0.4) is 0 Å². The van der Waals surface area contributed by atoms with E-state index in [4.69, 9.17) is 0 Å². The Kier molecular flexibility index (Phi) is 7.33. The minimum absolute atomic E-state index is 0.133. The van der Waals surface area contributed by atoms with Gasteiger partial charge in [-0.3, -0.25) is 14.5 Å². The molecular weight excluding hydrogens is 461 g/mol. The van der Waals surface area contributed by atoms with Gasteiger partial charge in [-0.25, -0.2) is 4.39 Å². The van der Waals surface area contributed by atoms with Gasteiger partial charge in [-0.05, 0) is 72.9 Å². The van der Waals surface area contributed by atoms with Crippen molar-refractivity contribution in [3.8, 4) is 6.07 Å². The molecule has 3 aromatic carbocycles. The van der Waals surface area contributed by atoms with Crippen molar-refractivity contribution in [3.05, 3.63) is 106 Å². The van der Waals surface area contributed by atoms with Crippen LogP contribution in [0.25, 0.3) is 0 Å². The molecule has 35 heavy (non-hydrogen) atoms. The molecule has 0 saturated carbocycles. The molecule has 2 amide bonds. The predicted octanol–water partition coefficient (Wildman–Crippen LogP) is 5.76. The molecule has 1 N–H and O–H groups in total. The van der Waals surface area contributed by atoms with Crippen molar-refractivity contribution >= 4 is 35.0 Å². The molecule has 3 aromatic rings. The van der Waals surface area contributed by atoms with Crippen LogP contribution in [0.4, 0.5) is 15.8 Å². The van der Waals surface area contributed by atoms with Crippen molar-refractivity contribution in [1.29, 1.82) is 5.26 Å². The minimum Gasteiger partial charge on any atom is -0.321 e. The summed E-state index contributed by atoms with van der Waals surface area (Å²) in [5.41, 5.74) is 3.90. The molecular formula is C28H24FN3O2S. The van der Waals surface area contributed by atoms with Crippen molar-refractivity contribution < 1.29 is 14.0 Å². The number of nitriles is 1. The molecule has 1 atom stereocenters. The number of hydrogen-bond donors (Lipinski definition) is 1. The fraction of sp³-hybridized carbons (Fsp3) is 0.179. The van der Waals surface area contributed by atoms with Crippen LogP contribution in [0.5, 0.6) is 0 Å². The largest absolute Gasteiger partial charge is 0.321 e. The number of nitrogens with zero attached hydrogens (tertiary/aromatic N) is 2. The summed E-state index contributed by atoms with van der Waals surface area (Å²) in [6.45, 7) is 3.95. The van der Waals surface area contributed by atoms with Crippen molar-refractivity contribution in [1.82, 2.24) is 0 Å². The lowest BCUT2D eigenvalue weighted by Gasteiger charge is -2.19. The quantitative estimate of drug-likeness (QED) is 0.356. The minimum atomic E-state index is -0.578. The Morgan fingerprint density at radius 3 is 2.40 bits per heavy atom. The first kappa shape index (κ1) is 24.2. The second-order valence-electron chi connectivity index (χ2n) is 8.25. The third-order valence-electron chi connectivity index (χ3n) is 5.72. The van der Waals surface area contributed by atoms with Crippen LogP contribution in [0, 0.1) is 24.1 Å². The molecule has 0 bridgehead atoms. The van der Waals surface area contributed by atoms with E-state index in [1.807, 2.05) is 62.4 Å². The highest BCUT2D eigenvalue weighted by Crippen LogP contribution is 2.42. The second kappa shape index (κ2) is 10.6. The molecule has 1 fully saturated rings. The number of hydrogen-bond acceptors (Lipinski definition) is 4. The molecule has 176 valence electrons. The molecule has 1 heterocycles. The lowest BCUT2D eigenvalue weighted by molar-refractivity contribution is -0.117. The van der Waals surface area contributed by atoms with E-state index in [0.717, 1.165) is 23.1 Å². The number of aryl methyl sites for hydroxylation is 2. The molecule has 5 nitrogen and oxygen atoms in total. The van der Waals surface area contributed by atoms with Gasteiger partial charge in [0, 0.05) is 11.4 Å². The molecule has 0 spiro atoms. The highest BCUT2D eigenvalue weighted by atomic mass is 32.2. The Hall–Kier alpha value is -3.89. The highest BCUT2D eigenvalue weighted by Gasteiger charge is 2.40. The van der Waals surface area contributed by atoms with Crippen LogP contribution in [0.2, 0.25) is 0 Å². The SMILES string of the molecule is CCc1ccc(N2C(=O)C(Cc3ccc(F)cc3)S/C2=C(/C#N)C(=O)Nc2cccc(C)c2)cc1. The van der Waals surface area contributed by atoms with Crippen molar-refractivity contribution in [2.75, 3.05) is 10.2 Å². The van der Waals surface area contributed by atoms with Gasteiger partial charge in [0.1, 0.15) is 22.5 Å². The van der Waals surface area contributed by atoms with Crippen LogP contribution in [0.1, 0.15) is 23.6 Å². The van der Waals surface area contributed by atoms with Gasteiger partial charge in [0.15, 0.2) is 0 Å². The van der Waals surface area contributed by atoms with Crippen molar-refractivity contribution in [2.24, 2.45) is 0 Å². The third-order valence-corrected chi connectivity index (χ3v) is 6.98. The molecule has 1 unspecified atom stereocenters. The third kappa shape index (κ3) is 5.44. The average molecular weight is 486 g/mol. The molecule has 7 heteroatoms. The first-order chi connectivity index (χ1) is 16.9. The molecule has 1 aliphatic heterocycles. The lowest BCUT2D eigenvalue weighted by atomic mass is 10.1. The summed E-state index contributed by atoms with van der Waals surface area (Å²) in [6.07, 6.45) is 1.19. The Morgan fingerprint density at radius 1 is 1.09 bits per heavy atom. The van der Waals surface area contributed by atoms with Gasteiger partial charge in [-0.1, -0.05) is 55.1 Å². The molecule has 4 rings (SSSR count). The van der Waals surface area contributed by atoms with E-state index in [2.05, 4.69) is 5.32 Å². The number of carbonyl (C=O) groups is 2. The molecule has 0 aromatic heterocycles. The fourth-order valence-electron chi connectivity index (χ4n) is 3.85. The molecule has 0 radical (unpaired) electrons. The van der Waals surface area contributed by atoms with Crippen LogP contribution < -0.4 is 10.2 Å². The summed E-state index contributed by atoms with van der Waals surface area (Å²) in [7, 11) is 0. The molecule has 1 saturated heterocycles. The number of anilines is 2. The summed E-state index contributed by atoms with van der Waals surface area (Å²) in [5.74, 6) is -1.15. The zero-order valence-corrected chi connectivity index (χ0v) is 20.2. The highest BCUT2D eigenvalue weighted by molar-refractivity contribution is 8.05. The van der Waals surface area contributed by atoms with Gasteiger partial charge in [-0.15, -0.1) is 0 Å². The number of halogens is 1. The predicted molar refractivity (Wildman–Crippen MR) is 137 cm³/mol. The van der Waals surface area contributed by atoms with E-state index < -0.39 is 11.2 Å². The maximum absolute atomic E-state index is 13.5.